The van der Waals surface area contributed by atoms with Crippen LogP contribution in [0.5, 0.6) is 0 Å². The van der Waals surface area contributed by atoms with Gasteiger partial charge < -0.3 is 10.2 Å². The van der Waals surface area contributed by atoms with E-state index in [4.69, 9.17) is 0 Å². The molecule has 0 heterocycles. The number of aliphatic carboxylic acids is 2. The monoisotopic (exact) mass is 418 g/mol. The Hall–Kier alpha value is -1.84. The zero-order chi connectivity index (χ0) is 23.1. The van der Waals surface area contributed by atoms with Gasteiger partial charge in [-0.05, 0) is 115 Å². The maximum absolute atomic E-state index is 11.2. The van der Waals surface area contributed by atoms with E-state index in [0.717, 1.165) is 51.4 Å². The number of carbonyl (C=O) groups is 2. The van der Waals surface area contributed by atoms with Gasteiger partial charge in [-0.15, -0.1) is 0 Å². The lowest BCUT2D eigenvalue weighted by Crippen LogP contribution is -2.23. The fraction of sp³-hybridized carbons (Fsp3) is 0.692. The van der Waals surface area contributed by atoms with E-state index >= 15 is 0 Å². The number of carboxylic acid groups (broad SMARTS) is 2. The molecule has 2 N–H and O–H groups in total. The molecule has 1 rings (SSSR count). The van der Waals surface area contributed by atoms with Crippen LogP contribution in [0, 0.1) is 31.6 Å². The molecule has 4 heteroatoms. The van der Waals surface area contributed by atoms with Gasteiger partial charge in [-0.2, -0.15) is 0 Å². The number of rotatable bonds is 13. The first-order valence-corrected chi connectivity index (χ1v) is 11.3. The molecule has 0 aliphatic rings. The fourth-order valence-corrected chi connectivity index (χ4v) is 4.01. The topological polar surface area (TPSA) is 74.6 Å². The van der Waals surface area contributed by atoms with Crippen LogP contribution >= 0.6 is 0 Å². The Bertz CT molecular complexity index is 744. The van der Waals surface area contributed by atoms with Gasteiger partial charge >= 0.3 is 11.9 Å². The lowest BCUT2D eigenvalue weighted by Gasteiger charge is -2.20. The fourth-order valence-electron chi connectivity index (χ4n) is 4.01. The van der Waals surface area contributed by atoms with E-state index in [1.54, 1.807) is 27.7 Å². The van der Waals surface area contributed by atoms with E-state index in [0.29, 0.717) is 6.42 Å². The van der Waals surface area contributed by atoms with Gasteiger partial charge in [0.15, 0.2) is 0 Å². The van der Waals surface area contributed by atoms with Crippen molar-refractivity contribution in [3.63, 3.8) is 0 Å². The van der Waals surface area contributed by atoms with E-state index in [1.807, 2.05) is 0 Å². The van der Waals surface area contributed by atoms with Gasteiger partial charge in [0.1, 0.15) is 0 Å². The van der Waals surface area contributed by atoms with Crippen LogP contribution in [-0.4, -0.2) is 22.2 Å². The quantitative estimate of drug-likeness (QED) is 0.352. The van der Waals surface area contributed by atoms with E-state index < -0.39 is 22.8 Å². The number of hydrogen-bond acceptors (Lipinski definition) is 2. The van der Waals surface area contributed by atoms with Gasteiger partial charge in [-0.25, -0.2) is 0 Å². The van der Waals surface area contributed by atoms with Crippen molar-refractivity contribution in [3.8, 4) is 0 Å². The van der Waals surface area contributed by atoms with Crippen LogP contribution in [-0.2, 0) is 22.4 Å². The Labute approximate surface area is 183 Å². The molecule has 0 aliphatic heterocycles. The van der Waals surface area contributed by atoms with Crippen LogP contribution in [0.1, 0.15) is 100 Å². The first kappa shape index (κ1) is 26.2. The van der Waals surface area contributed by atoms with Crippen molar-refractivity contribution in [1.29, 1.82) is 0 Å². The summed E-state index contributed by atoms with van der Waals surface area (Å²) >= 11 is 0. The third-order valence-electron chi connectivity index (χ3n) is 6.75. The van der Waals surface area contributed by atoms with Crippen molar-refractivity contribution in [2.75, 3.05) is 0 Å². The normalized spacial score (nSPS) is 12.2. The van der Waals surface area contributed by atoms with Crippen molar-refractivity contribution < 1.29 is 19.8 Å². The molecule has 0 aromatic heterocycles. The highest BCUT2D eigenvalue weighted by molar-refractivity contribution is 5.73. The predicted octanol–water partition coefficient (Wildman–Crippen LogP) is 6.65. The second-order valence-electron chi connectivity index (χ2n) is 10.2. The maximum atomic E-state index is 11.2. The van der Waals surface area contributed by atoms with Crippen LogP contribution < -0.4 is 0 Å². The Morgan fingerprint density at radius 1 is 0.733 bits per heavy atom. The minimum atomic E-state index is -0.721. The largest absolute Gasteiger partial charge is 0.481 e. The lowest BCUT2D eigenvalue weighted by atomic mass is 9.85. The highest BCUT2D eigenvalue weighted by atomic mass is 16.4. The summed E-state index contributed by atoms with van der Waals surface area (Å²) < 4.78 is 0. The molecule has 0 saturated carbocycles. The molecule has 0 bridgehead atoms. The Morgan fingerprint density at radius 2 is 1.20 bits per heavy atom. The third kappa shape index (κ3) is 7.45. The van der Waals surface area contributed by atoms with Gasteiger partial charge in [-0.3, -0.25) is 9.59 Å². The second kappa shape index (κ2) is 11.0. The first-order chi connectivity index (χ1) is 13.8. The molecular formula is C26H42O4. The smallest absolute Gasteiger partial charge is 0.309 e. The summed E-state index contributed by atoms with van der Waals surface area (Å²) in [6.07, 6.45) is 8.47. The molecule has 0 saturated heterocycles. The average molecular weight is 419 g/mol. The number of benzene rings is 1. The number of hydrogen-bond donors (Lipinski definition) is 2. The van der Waals surface area contributed by atoms with Crippen molar-refractivity contribution in [1.82, 2.24) is 0 Å². The Balaban J connectivity index is 2.60. The number of unbranched alkanes of at least 4 members (excludes halogenated alkanes) is 3. The van der Waals surface area contributed by atoms with E-state index in [2.05, 4.69) is 26.8 Å². The third-order valence-corrected chi connectivity index (χ3v) is 6.75. The van der Waals surface area contributed by atoms with Crippen LogP contribution in [0.25, 0.3) is 0 Å². The molecular weight excluding hydrogens is 376 g/mol. The molecule has 30 heavy (non-hydrogen) atoms. The van der Waals surface area contributed by atoms with E-state index in [-0.39, 0.29) is 0 Å². The Kier molecular flexibility index (Phi) is 9.58. The summed E-state index contributed by atoms with van der Waals surface area (Å²) in [7, 11) is 0. The van der Waals surface area contributed by atoms with Crippen molar-refractivity contribution in [2.45, 2.75) is 106 Å². The zero-order valence-corrected chi connectivity index (χ0v) is 20.2. The van der Waals surface area contributed by atoms with Gasteiger partial charge in [0, 0.05) is 0 Å². The highest BCUT2D eigenvalue weighted by Crippen LogP contribution is 2.28. The molecule has 0 unspecified atom stereocenters. The molecule has 0 radical (unpaired) electrons. The SMILES string of the molecule is Cc1cc(CCCCC(C)(C)C(=O)O)c(C)c(C)c1CCCCCC(C)(C)C(=O)O. The van der Waals surface area contributed by atoms with E-state index in [9.17, 15) is 19.8 Å². The lowest BCUT2D eigenvalue weighted by molar-refractivity contribution is -0.148. The summed E-state index contributed by atoms with van der Waals surface area (Å²) in [6.45, 7) is 13.8. The molecule has 0 spiro atoms. The van der Waals surface area contributed by atoms with Crippen LogP contribution in [0.4, 0.5) is 0 Å². The van der Waals surface area contributed by atoms with Gasteiger partial charge in [0.25, 0.3) is 0 Å². The summed E-state index contributed by atoms with van der Waals surface area (Å²) in [5.41, 5.74) is 5.60. The minimum absolute atomic E-state index is 0.635. The summed E-state index contributed by atoms with van der Waals surface area (Å²) in [4.78, 5) is 22.5. The molecule has 1 aromatic carbocycles. The zero-order valence-electron chi connectivity index (χ0n) is 20.2. The van der Waals surface area contributed by atoms with Gasteiger partial charge in [0.2, 0.25) is 0 Å². The predicted molar refractivity (Wildman–Crippen MR) is 123 cm³/mol. The number of aryl methyl sites for hydroxylation is 2. The molecule has 170 valence electrons. The van der Waals surface area contributed by atoms with E-state index in [1.165, 1.54) is 27.8 Å². The van der Waals surface area contributed by atoms with Gasteiger partial charge in [0.05, 0.1) is 10.8 Å². The molecule has 1 aromatic rings. The molecule has 0 amide bonds. The van der Waals surface area contributed by atoms with Gasteiger partial charge in [-0.1, -0.05) is 25.3 Å². The summed E-state index contributed by atoms with van der Waals surface area (Å²) in [6, 6.07) is 2.31. The van der Waals surface area contributed by atoms with Crippen LogP contribution in [0.2, 0.25) is 0 Å². The van der Waals surface area contributed by atoms with Crippen molar-refractivity contribution >= 4 is 11.9 Å². The molecule has 0 atom stereocenters. The Morgan fingerprint density at radius 3 is 1.70 bits per heavy atom. The standard InChI is InChI=1S/C26H42O4/c1-18-17-21(13-10-12-16-26(6,7)24(29)30)19(2)20(3)22(18)14-9-8-11-15-25(4,5)23(27)28/h17H,8-16H2,1-7H3,(H,27,28)(H,29,30). The maximum Gasteiger partial charge on any atom is 0.309 e. The second-order valence-corrected chi connectivity index (χ2v) is 10.2. The average Bonchev–Trinajstić information content (AvgIpc) is 2.64. The highest BCUT2D eigenvalue weighted by Gasteiger charge is 2.26. The molecule has 0 fully saturated rings. The van der Waals surface area contributed by atoms with Crippen molar-refractivity contribution in [2.24, 2.45) is 10.8 Å². The van der Waals surface area contributed by atoms with Crippen molar-refractivity contribution in [3.05, 3.63) is 33.9 Å². The van der Waals surface area contributed by atoms with Crippen LogP contribution in [0.15, 0.2) is 6.07 Å². The number of carboxylic acids is 2. The first-order valence-electron chi connectivity index (χ1n) is 11.3. The summed E-state index contributed by atoms with van der Waals surface area (Å²) in [5.74, 6) is -1.44. The summed E-state index contributed by atoms with van der Waals surface area (Å²) in [5, 5.41) is 18.5. The molecule has 0 aliphatic carbocycles. The molecule has 4 nitrogen and oxygen atoms in total. The van der Waals surface area contributed by atoms with Crippen LogP contribution in [0.3, 0.4) is 0 Å². The minimum Gasteiger partial charge on any atom is -0.481 e.